The molecule has 0 aliphatic rings. The van der Waals surface area contributed by atoms with Crippen molar-refractivity contribution < 1.29 is 4.74 Å². The summed E-state index contributed by atoms with van der Waals surface area (Å²) in [7, 11) is -1.06. The van der Waals surface area contributed by atoms with Gasteiger partial charge in [-0.05, 0) is 28.0 Å². The SMILES string of the molecule is C[Si](C)(C)CCOCn1cc(-c2cccc(Br)c2C#N)cn1. The summed E-state index contributed by atoms with van der Waals surface area (Å²) in [6, 6.07) is 9.09. The lowest BCUT2D eigenvalue weighted by Crippen LogP contribution is -2.22. The minimum Gasteiger partial charge on any atom is -0.360 e. The minimum atomic E-state index is -1.06. The van der Waals surface area contributed by atoms with Gasteiger partial charge in [0.15, 0.2) is 0 Å². The predicted octanol–water partition coefficient (Wildman–Crippen LogP) is 4.50. The number of ether oxygens (including phenoxy) is 1. The van der Waals surface area contributed by atoms with Crippen LogP contribution in [-0.4, -0.2) is 24.5 Å². The van der Waals surface area contributed by atoms with E-state index in [-0.39, 0.29) is 0 Å². The molecule has 116 valence electrons. The summed E-state index contributed by atoms with van der Waals surface area (Å²) < 4.78 is 8.25. The van der Waals surface area contributed by atoms with Crippen molar-refractivity contribution in [1.29, 1.82) is 5.26 Å². The summed E-state index contributed by atoms with van der Waals surface area (Å²) in [6.45, 7) is 8.21. The number of benzene rings is 1. The highest BCUT2D eigenvalue weighted by Crippen LogP contribution is 2.28. The van der Waals surface area contributed by atoms with Gasteiger partial charge < -0.3 is 4.74 Å². The number of halogens is 1. The van der Waals surface area contributed by atoms with Gasteiger partial charge in [0.05, 0.1) is 11.8 Å². The van der Waals surface area contributed by atoms with Gasteiger partial charge in [-0.15, -0.1) is 0 Å². The highest BCUT2D eigenvalue weighted by atomic mass is 79.9. The summed E-state index contributed by atoms with van der Waals surface area (Å²) in [5, 5.41) is 13.6. The molecule has 0 saturated carbocycles. The van der Waals surface area contributed by atoms with Gasteiger partial charge in [0, 0.05) is 36.5 Å². The molecule has 4 nitrogen and oxygen atoms in total. The second kappa shape index (κ2) is 7.23. The monoisotopic (exact) mass is 377 g/mol. The standard InChI is InChI=1S/C16H20BrN3OSi/c1-22(2,3)8-7-21-12-20-11-13(10-19-20)14-5-4-6-16(17)15(14)9-18/h4-6,10-11H,7-8,12H2,1-3H3. The van der Waals surface area contributed by atoms with E-state index in [1.807, 2.05) is 24.4 Å². The summed E-state index contributed by atoms with van der Waals surface area (Å²) in [4.78, 5) is 0. The number of aromatic nitrogens is 2. The minimum absolute atomic E-state index is 0.445. The Bertz CT molecular complexity index is 685. The third-order valence-corrected chi connectivity index (χ3v) is 5.65. The van der Waals surface area contributed by atoms with Gasteiger partial charge in [0.1, 0.15) is 12.8 Å². The van der Waals surface area contributed by atoms with E-state index in [9.17, 15) is 5.26 Å². The van der Waals surface area contributed by atoms with Crippen molar-refractivity contribution >= 4 is 24.0 Å². The predicted molar refractivity (Wildman–Crippen MR) is 94.2 cm³/mol. The van der Waals surface area contributed by atoms with Crippen LogP contribution in [0.25, 0.3) is 11.1 Å². The largest absolute Gasteiger partial charge is 0.360 e. The highest BCUT2D eigenvalue weighted by Gasteiger charge is 2.13. The second-order valence-corrected chi connectivity index (χ2v) is 12.9. The van der Waals surface area contributed by atoms with Crippen LogP contribution < -0.4 is 0 Å². The molecule has 0 radical (unpaired) electrons. The quantitative estimate of drug-likeness (QED) is 0.550. The van der Waals surface area contributed by atoms with Crippen molar-refractivity contribution in [3.05, 3.63) is 40.6 Å². The average Bonchev–Trinajstić information content (AvgIpc) is 2.91. The van der Waals surface area contributed by atoms with E-state index in [4.69, 9.17) is 4.74 Å². The average molecular weight is 378 g/mol. The molecule has 0 fully saturated rings. The fourth-order valence-electron chi connectivity index (χ4n) is 1.99. The molecule has 2 aromatic rings. The van der Waals surface area contributed by atoms with Crippen molar-refractivity contribution in [2.75, 3.05) is 6.61 Å². The summed E-state index contributed by atoms with van der Waals surface area (Å²) >= 11 is 3.41. The van der Waals surface area contributed by atoms with Gasteiger partial charge in [0.2, 0.25) is 0 Å². The molecule has 1 heterocycles. The Hall–Kier alpha value is -1.42. The van der Waals surface area contributed by atoms with Crippen LogP contribution in [0.2, 0.25) is 25.7 Å². The molecule has 0 aliphatic carbocycles. The summed E-state index contributed by atoms with van der Waals surface area (Å²) in [5.74, 6) is 0. The topological polar surface area (TPSA) is 50.8 Å². The van der Waals surface area contributed by atoms with Gasteiger partial charge in [-0.2, -0.15) is 10.4 Å². The summed E-state index contributed by atoms with van der Waals surface area (Å²) in [6.07, 6.45) is 3.68. The number of hydrogen-bond acceptors (Lipinski definition) is 3. The maximum atomic E-state index is 9.29. The molecule has 0 N–H and O–H groups in total. The van der Waals surface area contributed by atoms with Gasteiger partial charge in [-0.25, -0.2) is 4.68 Å². The van der Waals surface area contributed by atoms with Crippen molar-refractivity contribution in [3.8, 4) is 17.2 Å². The van der Waals surface area contributed by atoms with Gasteiger partial charge in [-0.3, -0.25) is 0 Å². The molecule has 0 unspecified atom stereocenters. The third kappa shape index (κ3) is 4.53. The van der Waals surface area contributed by atoms with Gasteiger partial charge in [-0.1, -0.05) is 31.8 Å². The van der Waals surface area contributed by atoms with Gasteiger partial charge >= 0.3 is 0 Å². The number of hydrogen-bond donors (Lipinski definition) is 0. The number of nitriles is 1. The fraction of sp³-hybridized carbons (Fsp3) is 0.375. The molecule has 6 heteroatoms. The molecule has 0 amide bonds. The van der Waals surface area contributed by atoms with Crippen molar-refractivity contribution in [3.63, 3.8) is 0 Å². The van der Waals surface area contributed by atoms with Crippen LogP contribution in [0.3, 0.4) is 0 Å². The molecule has 2 rings (SSSR count). The molecular formula is C16H20BrN3OSi. The van der Waals surface area contributed by atoms with Crippen LogP contribution in [-0.2, 0) is 11.5 Å². The van der Waals surface area contributed by atoms with Crippen LogP contribution in [0.4, 0.5) is 0 Å². The normalized spacial score (nSPS) is 11.4. The molecule has 1 aromatic carbocycles. The van der Waals surface area contributed by atoms with Crippen molar-refractivity contribution in [2.45, 2.75) is 32.4 Å². The van der Waals surface area contributed by atoms with Crippen LogP contribution in [0.15, 0.2) is 35.1 Å². The first-order valence-corrected chi connectivity index (χ1v) is 11.7. The summed E-state index contributed by atoms with van der Waals surface area (Å²) in [5.41, 5.74) is 2.43. The molecule has 0 atom stereocenters. The van der Waals surface area contributed by atoms with E-state index in [0.29, 0.717) is 12.3 Å². The van der Waals surface area contributed by atoms with Gasteiger partial charge in [0.25, 0.3) is 0 Å². The molecular weight excluding hydrogens is 358 g/mol. The maximum absolute atomic E-state index is 9.29. The second-order valence-electron chi connectivity index (χ2n) is 6.39. The molecule has 0 saturated heterocycles. The Balaban J connectivity index is 2.04. The van der Waals surface area contributed by atoms with E-state index in [1.165, 1.54) is 0 Å². The lowest BCUT2D eigenvalue weighted by atomic mass is 10.0. The Morgan fingerprint density at radius 2 is 2.14 bits per heavy atom. The smallest absolute Gasteiger partial charge is 0.139 e. The lowest BCUT2D eigenvalue weighted by molar-refractivity contribution is 0.0786. The van der Waals surface area contributed by atoms with Crippen LogP contribution in [0.1, 0.15) is 5.56 Å². The van der Waals surface area contributed by atoms with Crippen LogP contribution in [0, 0.1) is 11.3 Å². The Labute approximate surface area is 140 Å². The first kappa shape index (κ1) is 16.9. The molecule has 0 aliphatic heterocycles. The van der Waals surface area contributed by atoms with Crippen LogP contribution in [0.5, 0.6) is 0 Å². The van der Waals surface area contributed by atoms with E-state index in [0.717, 1.165) is 28.3 Å². The van der Waals surface area contributed by atoms with E-state index < -0.39 is 8.07 Å². The Morgan fingerprint density at radius 3 is 2.82 bits per heavy atom. The van der Waals surface area contributed by atoms with E-state index >= 15 is 0 Å². The van der Waals surface area contributed by atoms with E-state index in [1.54, 1.807) is 10.9 Å². The van der Waals surface area contributed by atoms with E-state index in [2.05, 4.69) is 46.7 Å². The maximum Gasteiger partial charge on any atom is 0.139 e. The highest BCUT2D eigenvalue weighted by molar-refractivity contribution is 9.10. The number of rotatable bonds is 6. The molecule has 22 heavy (non-hydrogen) atoms. The van der Waals surface area contributed by atoms with Crippen LogP contribution >= 0.6 is 15.9 Å². The zero-order valence-corrected chi connectivity index (χ0v) is 15.7. The lowest BCUT2D eigenvalue weighted by Gasteiger charge is -2.15. The third-order valence-electron chi connectivity index (χ3n) is 3.29. The molecule has 0 bridgehead atoms. The first-order valence-electron chi connectivity index (χ1n) is 7.20. The fourth-order valence-corrected chi connectivity index (χ4v) is 3.20. The zero-order chi connectivity index (χ0) is 16.2. The Morgan fingerprint density at radius 1 is 1.36 bits per heavy atom. The first-order chi connectivity index (χ1) is 10.4. The molecule has 0 spiro atoms. The van der Waals surface area contributed by atoms with Crippen molar-refractivity contribution in [2.24, 2.45) is 0 Å². The number of nitrogens with zero attached hydrogens (tertiary/aromatic N) is 3. The Kier molecular flexibility index (Phi) is 5.56. The van der Waals surface area contributed by atoms with Crippen molar-refractivity contribution in [1.82, 2.24) is 9.78 Å². The molecule has 1 aromatic heterocycles. The zero-order valence-electron chi connectivity index (χ0n) is 13.1.